The van der Waals surface area contributed by atoms with Crippen molar-refractivity contribution in [3.8, 4) is 39.5 Å². The molecule has 0 spiro atoms. The van der Waals surface area contributed by atoms with Gasteiger partial charge < -0.3 is 29.0 Å². The first-order valence-electron chi connectivity index (χ1n) is 12.9. The summed E-state index contributed by atoms with van der Waals surface area (Å²) in [4.78, 5) is 15.0. The Morgan fingerprint density at radius 2 is 1.29 bits per heavy atom. The fourth-order valence-electron chi connectivity index (χ4n) is 4.79. The fraction of sp³-hybridized carbons (Fsp3) is 0.188. The summed E-state index contributed by atoms with van der Waals surface area (Å²) in [5, 5.41) is 18.2. The van der Waals surface area contributed by atoms with E-state index in [-0.39, 0.29) is 5.57 Å². The molecule has 0 amide bonds. The van der Waals surface area contributed by atoms with Gasteiger partial charge in [0.25, 0.3) is 0 Å². The van der Waals surface area contributed by atoms with Crippen LogP contribution < -0.4 is 23.8 Å². The number of carboxylic acid groups (broad SMARTS) is 1. The van der Waals surface area contributed by atoms with Crippen LogP contribution in [0.4, 0.5) is 17.1 Å². The highest BCUT2D eigenvalue weighted by molar-refractivity contribution is 7.16. The minimum atomic E-state index is -1.24. The van der Waals surface area contributed by atoms with Gasteiger partial charge in [-0.25, -0.2) is 4.79 Å². The van der Waals surface area contributed by atoms with E-state index < -0.39 is 17.5 Å². The van der Waals surface area contributed by atoms with Crippen LogP contribution in [0, 0.1) is 11.3 Å². The average molecular weight is 567 g/mol. The number of anilines is 3. The van der Waals surface area contributed by atoms with Crippen molar-refractivity contribution in [2.45, 2.75) is 39.3 Å². The molecular formula is C32H26N2O6S. The van der Waals surface area contributed by atoms with E-state index in [2.05, 4.69) is 4.90 Å². The number of rotatable bonds is 6. The number of ether oxygens (including phenoxy) is 4. The summed E-state index contributed by atoms with van der Waals surface area (Å²) in [6.45, 7) is 7.49. The Hall–Kier alpha value is -4.94. The van der Waals surface area contributed by atoms with Gasteiger partial charge in [0.2, 0.25) is 11.6 Å². The van der Waals surface area contributed by atoms with Gasteiger partial charge in [0, 0.05) is 55.3 Å². The minimum Gasteiger partial charge on any atom is -0.477 e. The molecule has 2 aliphatic heterocycles. The highest BCUT2D eigenvalue weighted by Gasteiger charge is 2.34. The van der Waals surface area contributed by atoms with Crippen LogP contribution in [0.1, 0.15) is 32.6 Å². The van der Waals surface area contributed by atoms with E-state index in [1.54, 1.807) is 6.07 Å². The lowest BCUT2D eigenvalue weighted by Crippen LogP contribution is -2.29. The predicted molar refractivity (Wildman–Crippen MR) is 156 cm³/mol. The summed E-state index contributed by atoms with van der Waals surface area (Å²) in [5.41, 5.74) is 3.31. The molecule has 2 aliphatic rings. The molecule has 0 aliphatic carbocycles. The summed E-state index contributed by atoms with van der Waals surface area (Å²) in [7, 11) is 0. The molecule has 9 heteroatoms. The monoisotopic (exact) mass is 566 g/mol. The van der Waals surface area contributed by atoms with Gasteiger partial charge in [-0.3, -0.25) is 0 Å². The summed E-state index contributed by atoms with van der Waals surface area (Å²) in [6, 6.07) is 25.2. The smallest absolute Gasteiger partial charge is 0.346 e. The van der Waals surface area contributed by atoms with Crippen molar-refractivity contribution >= 4 is 40.4 Å². The van der Waals surface area contributed by atoms with Crippen molar-refractivity contribution in [3.05, 3.63) is 83.2 Å². The Balaban J connectivity index is 1.37. The SMILES string of the molecule is CC1(C)Oc2ccc(N(c3ccc(-c4ccc(/C=C(\C#N)C(=O)O)s4)cc3)c3ccc4c(c3)OC(C)(C)O4)cc2O1. The summed E-state index contributed by atoms with van der Waals surface area (Å²) in [5.74, 6) is -0.0405. The zero-order valence-electron chi connectivity index (χ0n) is 22.8. The predicted octanol–water partition coefficient (Wildman–Crippen LogP) is 7.89. The molecule has 0 atom stereocenters. The van der Waals surface area contributed by atoms with Crippen LogP contribution in [0.25, 0.3) is 16.5 Å². The molecule has 0 radical (unpaired) electrons. The highest BCUT2D eigenvalue weighted by Crippen LogP contribution is 2.47. The van der Waals surface area contributed by atoms with Crippen molar-refractivity contribution in [2.75, 3.05) is 4.90 Å². The van der Waals surface area contributed by atoms with Gasteiger partial charge in [-0.2, -0.15) is 5.26 Å². The number of carboxylic acids is 1. The van der Waals surface area contributed by atoms with Crippen molar-refractivity contribution < 1.29 is 28.8 Å². The number of fused-ring (bicyclic) bond motifs is 2. The maximum absolute atomic E-state index is 11.2. The van der Waals surface area contributed by atoms with Crippen molar-refractivity contribution in [1.82, 2.24) is 0 Å². The van der Waals surface area contributed by atoms with E-state index in [0.717, 1.165) is 27.5 Å². The number of carbonyl (C=O) groups is 1. The number of benzene rings is 3. The first kappa shape index (κ1) is 26.3. The zero-order chi connectivity index (χ0) is 28.9. The third-order valence-electron chi connectivity index (χ3n) is 6.47. The lowest BCUT2D eigenvalue weighted by Gasteiger charge is -2.26. The van der Waals surface area contributed by atoms with Gasteiger partial charge in [-0.05, 0) is 60.2 Å². The Labute approximate surface area is 241 Å². The molecule has 206 valence electrons. The normalized spacial score (nSPS) is 15.8. The Morgan fingerprint density at radius 3 is 1.80 bits per heavy atom. The molecule has 0 saturated carbocycles. The molecule has 6 rings (SSSR count). The fourth-order valence-corrected chi connectivity index (χ4v) is 5.75. The van der Waals surface area contributed by atoms with E-state index in [1.807, 2.05) is 100 Å². The quantitative estimate of drug-likeness (QED) is 0.186. The molecule has 4 aromatic rings. The molecule has 3 aromatic carbocycles. The molecule has 8 nitrogen and oxygen atoms in total. The molecular weight excluding hydrogens is 540 g/mol. The number of nitrogens with zero attached hydrogens (tertiary/aromatic N) is 2. The van der Waals surface area contributed by atoms with E-state index in [1.165, 1.54) is 17.4 Å². The third kappa shape index (κ3) is 5.17. The topological polar surface area (TPSA) is 101 Å². The van der Waals surface area contributed by atoms with Crippen LogP contribution in [0.5, 0.6) is 23.0 Å². The number of hydrogen-bond acceptors (Lipinski definition) is 8. The van der Waals surface area contributed by atoms with Gasteiger partial charge in [0.15, 0.2) is 23.0 Å². The van der Waals surface area contributed by atoms with E-state index in [0.29, 0.717) is 27.9 Å². The molecule has 41 heavy (non-hydrogen) atoms. The molecule has 0 bridgehead atoms. The van der Waals surface area contributed by atoms with E-state index in [9.17, 15) is 4.79 Å². The van der Waals surface area contributed by atoms with Gasteiger partial charge >= 0.3 is 5.97 Å². The summed E-state index contributed by atoms with van der Waals surface area (Å²) in [6.07, 6.45) is 1.38. The van der Waals surface area contributed by atoms with Crippen LogP contribution >= 0.6 is 11.3 Å². The number of thiophene rings is 1. The van der Waals surface area contributed by atoms with E-state index >= 15 is 0 Å². The van der Waals surface area contributed by atoms with Crippen LogP contribution in [0.3, 0.4) is 0 Å². The van der Waals surface area contributed by atoms with E-state index in [4.69, 9.17) is 29.3 Å². The average Bonchev–Trinajstić information content (AvgIpc) is 3.59. The maximum Gasteiger partial charge on any atom is 0.346 e. The van der Waals surface area contributed by atoms with Gasteiger partial charge in [0.05, 0.1) is 11.4 Å². The summed E-state index contributed by atoms with van der Waals surface area (Å²) < 4.78 is 23.9. The van der Waals surface area contributed by atoms with Gasteiger partial charge in [-0.15, -0.1) is 11.3 Å². The van der Waals surface area contributed by atoms with Crippen molar-refractivity contribution in [2.24, 2.45) is 0 Å². The van der Waals surface area contributed by atoms with Crippen LogP contribution in [0.15, 0.2) is 78.4 Å². The maximum atomic E-state index is 11.2. The largest absolute Gasteiger partial charge is 0.477 e. The van der Waals surface area contributed by atoms with Crippen LogP contribution in [-0.2, 0) is 4.79 Å². The second kappa shape index (κ2) is 9.61. The molecule has 1 aromatic heterocycles. The van der Waals surface area contributed by atoms with Crippen molar-refractivity contribution in [3.63, 3.8) is 0 Å². The zero-order valence-corrected chi connectivity index (χ0v) is 23.6. The molecule has 0 unspecified atom stereocenters. The first-order valence-corrected chi connectivity index (χ1v) is 13.7. The van der Waals surface area contributed by atoms with Crippen LogP contribution in [0.2, 0.25) is 0 Å². The number of aliphatic carboxylic acids is 1. The lowest BCUT2D eigenvalue weighted by atomic mass is 10.1. The third-order valence-corrected chi connectivity index (χ3v) is 7.55. The second-order valence-electron chi connectivity index (χ2n) is 10.5. The molecule has 0 fully saturated rings. The van der Waals surface area contributed by atoms with Crippen LogP contribution in [-0.4, -0.2) is 22.7 Å². The van der Waals surface area contributed by atoms with Gasteiger partial charge in [0.1, 0.15) is 11.6 Å². The molecule has 0 saturated heterocycles. The first-order chi connectivity index (χ1) is 19.5. The minimum absolute atomic E-state index is 0.302. The Bertz CT molecular complexity index is 1680. The molecule has 1 N–H and O–H groups in total. The Kier molecular flexibility index (Phi) is 6.16. The van der Waals surface area contributed by atoms with Gasteiger partial charge in [-0.1, -0.05) is 12.1 Å². The lowest BCUT2D eigenvalue weighted by molar-refractivity contribution is -0.132. The standard InChI is InChI=1S/C32H26N2O6S/c1-31(2)37-25-12-9-22(16-27(25)39-31)34(23-10-13-26-28(17-23)40-32(3,4)38-26)21-7-5-19(6-8-21)29-14-11-24(41-29)15-20(18-33)30(35)36/h5-17H,1-4H3,(H,35,36)/b20-15+. The van der Waals surface area contributed by atoms with Crippen molar-refractivity contribution in [1.29, 1.82) is 5.26 Å². The number of nitriles is 1. The number of hydrogen-bond donors (Lipinski definition) is 1. The molecule has 3 heterocycles. The highest BCUT2D eigenvalue weighted by atomic mass is 32.1. The summed E-state index contributed by atoms with van der Waals surface area (Å²) >= 11 is 1.42. The second-order valence-corrected chi connectivity index (χ2v) is 11.6. The Morgan fingerprint density at radius 1 is 0.780 bits per heavy atom.